The molecule has 2 aliphatic heterocycles. The molecule has 0 aromatic heterocycles. The van der Waals surface area contributed by atoms with E-state index in [1.54, 1.807) is 0 Å². The smallest absolute Gasteiger partial charge is 0.225 e. The number of benzene rings is 1. The van der Waals surface area contributed by atoms with Gasteiger partial charge in [0.25, 0.3) is 0 Å². The largest absolute Gasteiger partial charge is 0.342 e. The van der Waals surface area contributed by atoms with Crippen LogP contribution in [0.25, 0.3) is 0 Å². The van der Waals surface area contributed by atoms with Crippen molar-refractivity contribution in [2.24, 2.45) is 5.92 Å². The third-order valence-corrected chi connectivity index (χ3v) is 5.55. The van der Waals surface area contributed by atoms with E-state index < -0.39 is 0 Å². The molecule has 2 heterocycles. The highest BCUT2D eigenvalue weighted by atomic mass is 16.2. The molecule has 0 saturated carbocycles. The minimum absolute atomic E-state index is 0.0751. The molecule has 142 valence electrons. The van der Waals surface area contributed by atoms with Crippen molar-refractivity contribution in [3.63, 3.8) is 0 Å². The van der Waals surface area contributed by atoms with E-state index in [-0.39, 0.29) is 5.91 Å². The zero-order valence-electron chi connectivity index (χ0n) is 15.9. The van der Waals surface area contributed by atoms with Crippen LogP contribution >= 0.6 is 0 Å². The number of hydrogen-bond donors (Lipinski definition) is 1. The molecule has 2 amide bonds. The fraction of sp³-hybridized carbons (Fsp3) is 0.619. The van der Waals surface area contributed by atoms with Gasteiger partial charge in [0, 0.05) is 44.7 Å². The average molecular weight is 357 g/mol. The van der Waals surface area contributed by atoms with E-state index in [2.05, 4.69) is 29.3 Å². The maximum Gasteiger partial charge on any atom is 0.225 e. The summed E-state index contributed by atoms with van der Waals surface area (Å²) in [5.41, 5.74) is 2.15. The molecule has 5 heteroatoms. The molecule has 2 saturated heterocycles. The standard InChI is InChI=1S/C21H31N3O2/c1-2-17-7-9-19(10-8-17)22-20(25)11-14-23-12-3-5-18(15-23)16-24-13-4-6-21(24)26/h7-10,18H,2-6,11-16H2,1H3,(H,22,25)/t18-/m0/s1. The lowest BCUT2D eigenvalue weighted by atomic mass is 9.97. The Balaban J connectivity index is 1.40. The maximum atomic E-state index is 12.2. The Morgan fingerprint density at radius 3 is 2.69 bits per heavy atom. The van der Waals surface area contributed by atoms with Gasteiger partial charge in [-0.2, -0.15) is 0 Å². The average Bonchev–Trinajstić information content (AvgIpc) is 3.06. The second-order valence-corrected chi connectivity index (χ2v) is 7.60. The lowest BCUT2D eigenvalue weighted by Gasteiger charge is -2.34. The van der Waals surface area contributed by atoms with Crippen LogP contribution in [0.3, 0.4) is 0 Å². The second-order valence-electron chi connectivity index (χ2n) is 7.60. The summed E-state index contributed by atoms with van der Waals surface area (Å²) < 4.78 is 0. The summed E-state index contributed by atoms with van der Waals surface area (Å²) in [5, 5.41) is 2.99. The van der Waals surface area contributed by atoms with Crippen LogP contribution in [0.5, 0.6) is 0 Å². The molecule has 1 aromatic carbocycles. The Bertz CT molecular complexity index is 614. The summed E-state index contributed by atoms with van der Waals surface area (Å²) in [7, 11) is 0. The predicted molar refractivity (Wildman–Crippen MR) is 104 cm³/mol. The molecule has 0 radical (unpaired) electrons. The fourth-order valence-corrected chi connectivity index (χ4v) is 4.02. The Kier molecular flexibility index (Phi) is 6.67. The Morgan fingerprint density at radius 1 is 1.19 bits per heavy atom. The van der Waals surface area contributed by atoms with Gasteiger partial charge in [0.05, 0.1) is 0 Å². The summed E-state index contributed by atoms with van der Waals surface area (Å²) >= 11 is 0. The van der Waals surface area contributed by atoms with Crippen molar-refractivity contribution in [3.8, 4) is 0 Å². The van der Waals surface area contributed by atoms with E-state index in [0.717, 1.165) is 64.1 Å². The van der Waals surface area contributed by atoms with Gasteiger partial charge in [-0.15, -0.1) is 0 Å². The van der Waals surface area contributed by atoms with Crippen molar-refractivity contribution < 1.29 is 9.59 Å². The topological polar surface area (TPSA) is 52.7 Å². The Hall–Kier alpha value is -1.88. The van der Waals surface area contributed by atoms with Crippen molar-refractivity contribution >= 4 is 17.5 Å². The number of amides is 2. The zero-order valence-corrected chi connectivity index (χ0v) is 15.9. The predicted octanol–water partition coefficient (Wildman–Crippen LogP) is 2.91. The second kappa shape index (κ2) is 9.17. The third-order valence-electron chi connectivity index (χ3n) is 5.55. The van der Waals surface area contributed by atoms with Gasteiger partial charge < -0.3 is 15.1 Å². The highest BCUT2D eigenvalue weighted by Crippen LogP contribution is 2.20. The van der Waals surface area contributed by atoms with E-state index in [9.17, 15) is 9.59 Å². The monoisotopic (exact) mass is 357 g/mol. The van der Waals surface area contributed by atoms with E-state index in [1.807, 2.05) is 17.0 Å². The van der Waals surface area contributed by atoms with E-state index in [0.29, 0.717) is 18.2 Å². The van der Waals surface area contributed by atoms with E-state index >= 15 is 0 Å². The van der Waals surface area contributed by atoms with Gasteiger partial charge in [-0.3, -0.25) is 9.59 Å². The van der Waals surface area contributed by atoms with Crippen molar-refractivity contribution in [2.45, 2.75) is 45.4 Å². The molecule has 0 spiro atoms. The molecule has 0 aliphatic carbocycles. The van der Waals surface area contributed by atoms with Gasteiger partial charge in [-0.25, -0.2) is 0 Å². The number of carbonyl (C=O) groups excluding carboxylic acids is 2. The summed E-state index contributed by atoms with van der Waals surface area (Å²) in [5.74, 6) is 0.942. The van der Waals surface area contributed by atoms with Crippen LogP contribution < -0.4 is 5.32 Å². The van der Waals surface area contributed by atoms with Gasteiger partial charge >= 0.3 is 0 Å². The SMILES string of the molecule is CCc1ccc(NC(=O)CCN2CCC[C@H](CN3CCCC3=O)C2)cc1. The van der Waals surface area contributed by atoms with Crippen molar-refractivity contribution in [2.75, 3.05) is 38.0 Å². The first kappa shape index (κ1) is 18.9. The number of nitrogens with one attached hydrogen (secondary N) is 1. The number of anilines is 1. The molecule has 1 aromatic rings. The third kappa shape index (κ3) is 5.31. The first-order valence-corrected chi connectivity index (χ1v) is 10.0. The molecule has 2 fully saturated rings. The number of piperidine rings is 1. The lowest BCUT2D eigenvalue weighted by molar-refractivity contribution is -0.128. The highest BCUT2D eigenvalue weighted by molar-refractivity contribution is 5.90. The quantitative estimate of drug-likeness (QED) is 0.816. The number of aryl methyl sites for hydroxylation is 1. The molecular weight excluding hydrogens is 326 g/mol. The van der Waals surface area contributed by atoms with Crippen molar-refractivity contribution in [1.82, 2.24) is 9.80 Å². The highest BCUT2D eigenvalue weighted by Gasteiger charge is 2.26. The van der Waals surface area contributed by atoms with Crippen molar-refractivity contribution in [1.29, 1.82) is 0 Å². The van der Waals surface area contributed by atoms with E-state index in [4.69, 9.17) is 0 Å². The Morgan fingerprint density at radius 2 is 2.00 bits per heavy atom. The molecule has 0 bridgehead atoms. The molecule has 0 unspecified atom stereocenters. The fourth-order valence-electron chi connectivity index (χ4n) is 4.02. The zero-order chi connectivity index (χ0) is 18.4. The van der Waals surface area contributed by atoms with Crippen molar-refractivity contribution in [3.05, 3.63) is 29.8 Å². The van der Waals surface area contributed by atoms with Crippen LogP contribution in [-0.2, 0) is 16.0 Å². The molecule has 3 rings (SSSR count). The summed E-state index contributed by atoms with van der Waals surface area (Å²) in [4.78, 5) is 28.5. The van der Waals surface area contributed by atoms with Gasteiger partial charge in [-0.05, 0) is 55.8 Å². The number of nitrogens with zero attached hydrogens (tertiary/aromatic N) is 2. The summed E-state index contributed by atoms with van der Waals surface area (Å²) in [6.07, 6.45) is 5.60. The molecular formula is C21H31N3O2. The van der Waals surface area contributed by atoms with Crippen LogP contribution in [0.1, 0.15) is 44.6 Å². The minimum Gasteiger partial charge on any atom is -0.342 e. The molecule has 26 heavy (non-hydrogen) atoms. The van der Waals surface area contributed by atoms with Crippen LogP contribution in [0.2, 0.25) is 0 Å². The van der Waals surface area contributed by atoms with E-state index in [1.165, 1.54) is 12.0 Å². The van der Waals surface area contributed by atoms with Crippen LogP contribution in [-0.4, -0.2) is 54.3 Å². The number of hydrogen-bond acceptors (Lipinski definition) is 3. The van der Waals surface area contributed by atoms with Crippen LogP contribution in [0, 0.1) is 5.92 Å². The molecule has 1 atom stereocenters. The molecule has 2 aliphatic rings. The first-order chi connectivity index (χ1) is 12.6. The van der Waals surface area contributed by atoms with Gasteiger partial charge in [0.1, 0.15) is 0 Å². The van der Waals surface area contributed by atoms with Crippen LogP contribution in [0.4, 0.5) is 5.69 Å². The van der Waals surface area contributed by atoms with Gasteiger partial charge in [-0.1, -0.05) is 19.1 Å². The first-order valence-electron chi connectivity index (χ1n) is 10.0. The molecule has 1 N–H and O–H groups in total. The van der Waals surface area contributed by atoms with Gasteiger partial charge in [0.2, 0.25) is 11.8 Å². The number of likely N-dealkylation sites (tertiary alicyclic amines) is 2. The Labute approximate surface area is 156 Å². The summed E-state index contributed by atoms with van der Waals surface area (Å²) in [6, 6.07) is 8.07. The summed E-state index contributed by atoms with van der Waals surface area (Å²) in [6.45, 7) is 6.80. The number of carbonyl (C=O) groups is 2. The maximum absolute atomic E-state index is 12.2. The van der Waals surface area contributed by atoms with Crippen LogP contribution in [0.15, 0.2) is 24.3 Å². The van der Waals surface area contributed by atoms with Gasteiger partial charge in [0.15, 0.2) is 0 Å². The molecule has 5 nitrogen and oxygen atoms in total. The number of rotatable bonds is 7. The minimum atomic E-state index is 0.0751. The normalized spacial score (nSPS) is 21.2. The lowest BCUT2D eigenvalue weighted by Crippen LogP contribution is -2.42.